The van der Waals surface area contributed by atoms with Crippen LogP contribution in [0, 0.1) is 0 Å². The smallest absolute Gasteiger partial charge is 0.126 e. The van der Waals surface area contributed by atoms with Crippen LogP contribution in [0.5, 0.6) is 0 Å². The van der Waals surface area contributed by atoms with Crippen LogP contribution in [-0.4, -0.2) is 37.1 Å². The van der Waals surface area contributed by atoms with E-state index < -0.39 is 0 Å². The van der Waals surface area contributed by atoms with Crippen molar-refractivity contribution in [2.24, 2.45) is 0 Å². The maximum absolute atomic E-state index is 4.68. The number of nitrogens with one attached hydrogen (secondary N) is 1. The minimum absolute atomic E-state index is 0.589. The molecule has 0 aliphatic carbocycles. The zero-order valence-electron chi connectivity index (χ0n) is 13.5. The summed E-state index contributed by atoms with van der Waals surface area (Å²) in [6, 6.07) is 6.27. The molecule has 1 heterocycles. The van der Waals surface area contributed by atoms with Crippen LogP contribution in [0.1, 0.15) is 52.1 Å². The first kappa shape index (κ1) is 17.9. The largest absolute Gasteiger partial charge is 0.369 e. The van der Waals surface area contributed by atoms with Crippen molar-refractivity contribution in [2.75, 3.05) is 32.5 Å². The summed E-state index contributed by atoms with van der Waals surface area (Å²) >= 11 is 0. The van der Waals surface area contributed by atoms with Gasteiger partial charge >= 0.3 is 0 Å². The summed E-state index contributed by atoms with van der Waals surface area (Å²) in [6.45, 7) is 10.4. The summed E-state index contributed by atoms with van der Waals surface area (Å²) in [5.74, 6) is 1.59. The van der Waals surface area contributed by atoms with Crippen LogP contribution in [0.15, 0.2) is 18.2 Å². The standard InChI is InChI=1S/C14H25N3.C2H6/c1-5-12(6-2)13-8-7-9-14(16-13)15-10-11-17(3)4;1-2/h7-9,12H,5-6,10-11H2,1-4H3,(H,15,16);1-2H3. The molecule has 0 spiro atoms. The van der Waals surface area contributed by atoms with Gasteiger partial charge in [0.1, 0.15) is 5.82 Å². The highest BCUT2D eigenvalue weighted by Gasteiger charge is 2.08. The molecule has 0 atom stereocenters. The molecule has 0 saturated heterocycles. The highest BCUT2D eigenvalue weighted by atomic mass is 15.1. The zero-order valence-corrected chi connectivity index (χ0v) is 13.5. The van der Waals surface area contributed by atoms with Crippen molar-refractivity contribution >= 4 is 5.82 Å². The summed E-state index contributed by atoms with van der Waals surface area (Å²) in [6.07, 6.45) is 2.31. The predicted molar refractivity (Wildman–Crippen MR) is 86.0 cm³/mol. The lowest BCUT2D eigenvalue weighted by atomic mass is 9.99. The van der Waals surface area contributed by atoms with Gasteiger partial charge in [0.2, 0.25) is 0 Å². The van der Waals surface area contributed by atoms with Crippen LogP contribution < -0.4 is 5.32 Å². The van der Waals surface area contributed by atoms with E-state index in [1.165, 1.54) is 5.69 Å². The monoisotopic (exact) mass is 265 g/mol. The van der Waals surface area contributed by atoms with Gasteiger partial charge in [0, 0.05) is 24.7 Å². The van der Waals surface area contributed by atoms with Crippen LogP contribution >= 0.6 is 0 Å². The molecule has 3 nitrogen and oxygen atoms in total. The number of hydrogen-bond donors (Lipinski definition) is 1. The first-order chi connectivity index (χ1) is 9.17. The van der Waals surface area contributed by atoms with Crippen molar-refractivity contribution in [3.8, 4) is 0 Å². The Bertz CT molecular complexity index is 320. The molecule has 0 saturated carbocycles. The molecule has 3 heteroatoms. The number of nitrogens with zero attached hydrogens (tertiary/aromatic N) is 2. The second-order valence-corrected chi connectivity index (χ2v) is 4.69. The van der Waals surface area contributed by atoms with Gasteiger partial charge in [-0.1, -0.05) is 33.8 Å². The summed E-state index contributed by atoms with van der Waals surface area (Å²) in [5, 5.41) is 3.37. The summed E-state index contributed by atoms with van der Waals surface area (Å²) in [5.41, 5.74) is 1.21. The number of pyridine rings is 1. The third-order valence-electron chi connectivity index (χ3n) is 3.04. The molecule has 0 bridgehead atoms. The molecular formula is C16H31N3. The molecule has 1 aromatic rings. The normalized spacial score (nSPS) is 10.3. The number of rotatable bonds is 7. The minimum atomic E-state index is 0.589. The maximum Gasteiger partial charge on any atom is 0.126 e. The van der Waals surface area contributed by atoms with Crippen molar-refractivity contribution < 1.29 is 0 Å². The first-order valence-electron chi connectivity index (χ1n) is 7.52. The Morgan fingerprint density at radius 3 is 2.32 bits per heavy atom. The average Bonchev–Trinajstić information content (AvgIpc) is 2.42. The Hall–Kier alpha value is -1.09. The third-order valence-corrected chi connectivity index (χ3v) is 3.04. The second kappa shape index (κ2) is 10.8. The average molecular weight is 265 g/mol. The molecule has 0 radical (unpaired) electrons. The Morgan fingerprint density at radius 1 is 1.16 bits per heavy atom. The fraction of sp³-hybridized carbons (Fsp3) is 0.688. The zero-order chi connectivity index (χ0) is 14.7. The van der Waals surface area contributed by atoms with Gasteiger partial charge in [0.05, 0.1) is 0 Å². The van der Waals surface area contributed by atoms with Crippen molar-refractivity contribution in [1.29, 1.82) is 0 Å². The quantitative estimate of drug-likeness (QED) is 0.808. The highest BCUT2D eigenvalue weighted by molar-refractivity contribution is 5.36. The van der Waals surface area contributed by atoms with Crippen LogP contribution in [0.3, 0.4) is 0 Å². The van der Waals surface area contributed by atoms with Crippen molar-refractivity contribution in [3.05, 3.63) is 23.9 Å². The molecular weight excluding hydrogens is 234 g/mol. The Kier molecular flexibility index (Phi) is 10.2. The van der Waals surface area contributed by atoms with Gasteiger partial charge in [0.25, 0.3) is 0 Å². The van der Waals surface area contributed by atoms with Crippen LogP contribution in [0.4, 0.5) is 5.82 Å². The lowest BCUT2D eigenvalue weighted by molar-refractivity contribution is 0.425. The molecule has 0 aromatic carbocycles. The van der Waals surface area contributed by atoms with Gasteiger partial charge in [-0.15, -0.1) is 0 Å². The number of hydrogen-bond acceptors (Lipinski definition) is 3. The van der Waals surface area contributed by atoms with Gasteiger partial charge in [-0.2, -0.15) is 0 Å². The molecule has 0 aliphatic heterocycles. The summed E-state index contributed by atoms with van der Waals surface area (Å²) in [7, 11) is 4.16. The van der Waals surface area contributed by atoms with E-state index in [0.717, 1.165) is 31.7 Å². The number of anilines is 1. The predicted octanol–water partition coefficient (Wildman–Crippen LogP) is 3.98. The van der Waals surface area contributed by atoms with E-state index in [1.54, 1.807) is 0 Å². The Balaban J connectivity index is 0.00000154. The second-order valence-electron chi connectivity index (χ2n) is 4.69. The van der Waals surface area contributed by atoms with Gasteiger partial charge in [-0.25, -0.2) is 4.98 Å². The van der Waals surface area contributed by atoms with Crippen LogP contribution in [-0.2, 0) is 0 Å². The molecule has 1 N–H and O–H groups in total. The molecule has 0 amide bonds. The van der Waals surface area contributed by atoms with Crippen molar-refractivity contribution in [3.63, 3.8) is 0 Å². The number of aromatic nitrogens is 1. The van der Waals surface area contributed by atoms with E-state index in [9.17, 15) is 0 Å². The fourth-order valence-electron chi connectivity index (χ4n) is 1.89. The van der Waals surface area contributed by atoms with Crippen LogP contribution in [0.25, 0.3) is 0 Å². The molecule has 1 rings (SSSR count). The van der Waals surface area contributed by atoms with E-state index in [1.807, 2.05) is 19.9 Å². The fourth-order valence-corrected chi connectivity index (χ4v) is 1.89. The Morgan fingerprint density at radius 2 is 1.79 bits per heavy atom. The topological polar surface area (TPSA) is 28.2 Å². The molecule has 0 aliphatic rings. The summed E-state index contributed by atoms with van der Waals surface area (Å²) < 4.78 is 0. The maximum atomic E-state index is 4.68. The van der Waals surface area contributed by atoms with Gasteiger partial charge < -0.3 is 10.2 Å². The number of likely N-dealkylation sites (N-methyl/N-ethyl adjacent to an activating group) is 1. The highest BCUT2D eigenvalue weighted by Crippen LogP contribution is 2.21. The first-order valence-corrected chi connectivity index (χ1v) is 7.52. The van der Waals surface area contributed by atoms with E-state index in [4.69, 9.17) is 0 Å². The molecule has 110 valence electrons. The third kappa shape index (κ3) is 7.16. The van der Waals surface area contributed by atoms with Crippen molar-refractivity contribution in [2.45, 2.75) is 46.5 Å². The van der Waals surface area contributed by atoms with Crippen LogP contribution in [0.2, 0.25) is 0 Å². The molecule has 0 fully saturated rings. The lowest BCUT2D eigenvalue weighted by Gasteiger charge is -2.14. The van der Waals surface area contributed by atoms with E-state index in [-0.39, 0.29) is 0 Å². The van der Waals surface area contributed by atoms with Gasteiger partial charge in [-0.3, -0.25) is 0 Å². The minimum Gasteiger partial charge on any atom is -0.369 e. The summed E-state index contributed by atoms with van der Waals surface area (Å²) in [4.78, 5) is 6.85. The van der Waals surface area contributed by atoms with E-state index in [2.05, 4.69) is 55.3 Å². The van der Waals surface area contributed by atoms with Gasteiger partial charge in [0.15, 0.2) is 0 Å². The van der Waals surface area contributed by atoms with E-state index in [0.29, 0.717) is 5.92 Å². The molecule has 1 aromatic heterocycles. The van der Waals surface area contributed by atoms with Gasteiger partial charge in [-0.05, 0) is 39.1 Å². The Labute approximate surface area is 119 Å². The SMILES string of the molecule is CC.CCC(CC)c1cccc(NCCN(C)C)n1. The lowest BCUT2D eigenvalue weighted by Crippen LogP contribution is -2.21. The molecule has 0 unspecified atom stereocenters. The van der Waals surface area contributed by atoms with E-state index >= 15 is 0 Å². The molecule has 19 heavy (non-hydrogen) atoms. The van der Waals surface area contributed by atoms with Crippen molar-refractivity contribution in [1.82, 2.24) is 9.88 Å².